The molecule has 6 nitrogen and oxygen atoms in total. The van der Waals surface area contributed by atoms with Crippen molar-refractivity contribution < 1.29 is 9.13 Å². The van der Waals surface area contributed by atoms with Crippen LogP contribution in [0.25, 0.3) is 10.9 Å². The maximum Gasteiger partial charge on any atom is 0.253 e. The first-order chi connectivity index (χ1) is 15.5. The molecule has 2 heterocycles. The number of fused-ring (bicyclic) bond motifs is 1. The van der Waals surface area contributed by atoms with Gasteiger partial charge in [0.2, 0.25) is 0 Å². The number of hydrogen-bond donors (Lipinski definition) is 2. The van der Waals surface area contributed by atoms with Gasteiger partial charge in [0.1, 0.15) is 5.82 Å². The summed E-state index contributed by atoms with van der Waals surface area (Å²) in [5, 5.41) is 4.66. The van der Waals surface area contributed by atoms with Crippen molar-refractivity contribution in [2.24, 2.45) is 0 Å². The van der Waals surface area contributed by atoms with E-state index in [4.69, 9.17) is 17.0 Å². The number of halogens is 1. The van der Waals surface area contributed by atoms with Crippen LogP contribution < -0.4 is 10.9 Å². The summed E-state index contributed by atoms with van der Waals surface area (Å²) in [6.07, 6.45) is 0. The molecular weight excluding hydrogens is 427 g/mol. The van der Waals surface area contributed by atoms with E-state index in [9.17, 15) is 9.18 Å². The zero-order valence-electron chi connectivity index (χ0n) is 18.1. The smallest absolute Gasteiger partial charge is 0.253 e. The number of para-hydroxylation sites is 1. The predicted octanol–water partition coefficient (Wildman–Crippen LogP) is 3.51. The number of aryl methyl sites for hydroxylation is 1. The number of thiocarbonyl (C=S) groups is 1. The highest BCUT2D eigenvalue weighted by molar-refractivity contribution is 7.80. The van der Waals surface area contributed by atoms with Gasteiger partial charge in [-0.3, -0.25) is 9.69 Å². The van der Waals surface area contributed by atoms with Crippen LogP contribution in [0.15, 0.2) is 53.3 Å². The summed E-state index contributed by atoms with van der Waals surface area (Å²) in [4.78, 5) is 20.2. The van der Waals surface area contributed by atoms with Crippen LogP contribution in [0.5, 0.6) is 0 Å². The van der Waals surface area contributed by atoms with Crippen molar-refractivity contribution in [3.63, 3.8) is 0 Å². The second kappa shape index (κ2) is 10.2. The molecule has 4 rings (SSSR count). The van der Waals surface area contributed by atoms with Gasteiger partial charge < -0.3 is 19.9 Å². The van der Waals surface area contributed by atoms with Gasteiger partial charge in [-0.25, -0.2) is 4.39 Å². The predicted molar refractivity (Wildman–Crippen MR) is 130 cm³/mol. The molecule has 2 aromatic carbocycles. The quantitative estimate of drug-likeness (QED) is 0.556. The van der Waals surface area contributed by atoms with Crippen LogP contribution in [0, 0.1) is 12.7 Å². The highest BCUT2D eigenvalue weighted by Gasteiger charge is 2.17. The molecule has 0 radical (unpaired) electrons. The molecule has 8 heteroatoms. The first-order valence-electron chi connectivity index (χ1n) is 10.7. The summed E-state index contributed by atoms with van der Waals surface area (Å²) >= 11 is 5.68. The Hall–Kier alpha value is -2.81. The lowest BCUT2D eigenvalue weighted by atomic mass is 10.1. The second-order valence-corrected chi connectivity index (χ2v) is 8.36. The van der Waals surface area contributed by atoms with Crippen molar-refractivity contribution in [1.82, 2.24) is 14.8 Å². The number of rotatable bonds is 6. The number of nitrogens with one attached hydrogen (secondary N) is 2. The Morgan fingerprint density at radius 2 is 1.97 bits per heavy atom. The van der Waals surface area contributed by atoms with E-state index in [1.807, 2.05) is 36.1 Å². The van der Waals surface area contributed by atoms with Crippen molar-refractivity contribution in [2.75, 3.05) is 44.7 Å². The van der Waals surface area contributed by atoms with Gasteiger partial charge in [-0.15, -0.1) is 0 Å². The van der Waals surface area contributed by atoms with Gasteiger partial charge in [-0.2, -0.15) is 0 Å². The fourth-order valence-electron chi connectivity index (χ4n) is 3.83. The molecule has 0 atom stereocenters. The summed E-state index contributed by atoms with van der Waals surface area (Å²) in [5.74, 6) is -0.302. The third-order valence-corrected chi connectivity index (χ3v) is 6.06. The van der Waals surface area contributed by atoms with Gasteiger partial charge in [-0.05, 0) is 60.4 Å². The Balaban J connectivity index is 1.55. The zero-order chi connectivity index (χ0) is 22.5. The lowest BCUT2D eigenvalue weighted by molar-refractivity contribution is 0.0358. The first kappa shape index (κ1) is 22.4. The minimum atomic E-state index is -0.302. The molecule has 0 unspecified atom stereocenters. The summed E-state index contributed by atoms with van der Waals surface area (Å²) in [6.45, 7) is 7.01. The largest absolute Gasteiger partial charge is 0.379 e. The molecule has 1 aliphatic heterocycles. The Bertz CT molecular complexity index is 1140. The number of hydrogen-bond acceptors (Lipinski definition) is 4. The van der Waals surface area contributed by atoms with Crippen LogP contribution in [0.1, 0.15) is 11.1 Å². The monoisotopic (exact) mass is 454 g/mol. The van der Waals surface area contributed by atoms with Crippen LogP contribution in [0.4, 0.5) is 10.1 Å². The average molecular weight is 455 g/mol. The zero-order valence-corrected chi connectivity index (χ0v) is 18.9. The Kier molecular flexibility index (Phi) is 7.14. The molecule has 2 N–H and O–H groups in total. The molecule has 0 aliphatic carbocycles. The Morgan fingerprint density at radius 3 is 2.72 bits per heavy atom. The van der Waals surface area contributed by atoms with Gasteiger partial charge in [-0.1, -0.05) is 18.2 Å². The van der Waals surface area contributed by atoms with Crippen LogP contribution in [0.2, 0.25) is 0 Å². The van der Waals surface area contributed by atoms with Crippen molar-refractivity contribution in [3.05, 3.63) is 75.8 Å². The second-order valence-electron chi connectivity index (χ2n) is 7.98. The summed E-state index contributed by atoms with van der Waals surface area (Å²) in [7, 11) is 0. The number of aromatic nitrogens is 1. The van der Waals surface area contributed by atoms with E-state index in [1.165, 1.54) is 12.1 Å². The number of ether oxygens (including phenoxy) is 1. The normalized spacial score (nSPS) is 14.4. The van der Waals surface area contributed by atoms with Crippen molar-refractivity contribution in [2.45, 2.75) is 13.5 Å². The van der Waals surface area contributed by atoms with Gasteiger partial charge in [0.25, 0.3) is 5.56 Å². The van der Waals surface area contributed by atoms with E-state index >= 15 is 0 Å². The molecule has 0 spiro atoms. The van der Waals surface area contributed by atoms with Crippen LogP contribution in [-0.4, -0.2) is 59.3 Å². The number of morpholine rings is 1. The Labute approximate surface area is 192 Å². The van der Waals surface area contributed by atoms with Crippen LogP contribution in [0.3, 0.4) is 0 Å². The molecule has 168 valence electrons. The molecule has 0 saturated carbocycles. The molecule has 1 aliphatic rings. The number of aromatic amines is 1. The van der Waals surface area contributed by atoms with E-state index in [-0.39, 0.29) is 11.4 Å². The SMILES string of the molecule is Cc1cccc2cc(CN(CCN3CCOCC3)C(=S)Nc3ccc(F)cc3)c(=O)[nH]c12. The highest BCUT2D eigenvalue weighted by atomic mass is 32.1. The maximum atomic E-state index is 13.3. The molecule has 0 amide bonds. The first-order valence-corrected chi connectivity index (χ1v) is 11.1. The summed E-state index contributed by atoms with van der Waals surface area (Å²) < 4.78 is 18.7. The number of nitrogens with zero attached hydrogens (tertiary/aromatic N) is 2. The number of H-pyrrole nitrogens is 1. The molecule has 32 heavy (non-hydrogen) atoms. The average Bonchev–Trinajstić information content (AvgIpc) is 2.80. The van der Waals surface area contributed by atoms with Gasteiger partial charge in [0.15, 0.2) is 5.11 Å². The third kappa shape index (κ3) is 5.51. The van der Waals surface area contributed by atoms with Crippen molar-refractivity contribution in [1.29, 1.82) is 0 Å². The molecule has 1 saturated heterocycles. The number of pyridine rings is 1. The summed E-state index contributed by atoms with van der Waals surface area (Å²) in [5.41, 5.74) is 3.12. The highest BCUT2D eigenvalue weighted by Crippen LogP contribution is 2.17. The topological polar surface area (TPSA) is 60.6 Å². The van der Waals surface area contributed by atoms with Crippen LogP contribution in [-0.2, 0) is 11.3 Å². The molecular formula is C24H27FN4O2S. The standard InChI is InChI=1S/C24H27FN4O2S/c1-17-3-2-4-18-15-19(23(30)27-22(17)18)16-29(10-9-28-11-13-31-14-12-28)24(32)26-21-7-5-20(25)6-8-21/h2-8,15H,9-14,16H2,1H3,(H,26,32)(H,27,30). The van der Waals surface area contributed by atoms with Gasteiger partial charge in [0.05, 0.1) is 25.3 Å². The van der Waals surface area contributed by atoms with Crippen LogP contribution >= 0.6 is 12.2 Å². The lowest BCUT2D eigenvalue weighted by Crippen LogP contribution is -2.44. The van der Waals surface area contributed by atoms with E-state index in [0.29, 0.717) is 29.5 Å². The number of anilines is 1. The Morgan fingerprint density at radius 1 is 1.22 bits per heavy atom. The molecule has 0 bridgehead atoms. The minimum absolute atomic E-state index is 0.118. The summed E-state index contributed by atoms with van der Waals surface area (Å²) in [6, 6.07) is 14.0. The maximum absolute atomic E-state index is 13.3. The van der Waals surface area contributed by atoms with Gasteiger partial charge in [0, 0.05) is 37.4 Å². The van der Waals surface area contributed by atoms with Gasteiger partial charge >= 0.3 is 0 Å². The van der Waals surface area contributed by atoms with Crippen molar-refractivity contribution >= 4 is 33.9 Å². The molecule has 1 fully saturated rings. The van der Waals surface area contributed by atoms with E-state index in [1.54, 1.807) is 12.1 Å². The third-order valence-electron chi connectivity index (χ3n) is 5.70. The lowest BCUT2D eigenvalue weighted by Gasteiger charge is -2.31. The minimum Gasteiger partial charge on any atom is -0.379 e. The molecule has 3 aromatic rings. The number of benzene rings is 2. The van der Waals surface area contributed by atoms with Crippen molar-refractivity contribution in [3.8, 4) is 0 Å². The van der Waals surface area contributed by atoms with E-state index in [0.717, 1.165) is 49.3 Å². The fraction of sp³-hybridized carbons (Fsp3) is 0.333. The fourth-order valence-corrected chi connectivity index (χ4v) is 4.10. The van der Waals surface area contributed by atoms with E-state index in [2.05, 4.69) is 15.2 Å². The molecule has 1 aromatic heterocycles. The van der Waals surface area contributed by atoms with E-state index < -0.39 is 0 Å².